The van der Waals surface area contributed by atoms with Crippen molar-refractivity contribution in [3.8, 4) is 5.75 Å². The summed E-state index contributed by atoms with van der Waals surface area (Å²) in [6.45, 7) is -0.250. The Morgan fingerprint density at radius 2 is 2.04 bits per heavy atom. The van der Waals surface area contributed by atoms with E-state index in [0.29, 0.717) is 12.2 Å². The summed E-state index contributed by atoms with van der Waals surface area (Å²) in [7, 11) is 3.53. The molecule has 7 heteroatoms. The summed E-state index contributed by atoms with van der Waals surface area (Å²) in [5.41, 5.74) is 2.08. The first-order valence-electron chi connectivity index (χ1n) is 8.06. The molecule has 0 saturated carbocycles. The van der Waals surface area contributed by atoms with Gasteiger partial charge < -0.3 is 15.2 Å². The maximum Gasteiger partial charge on any atom is 0.290 e. The summed E-state index contributed by atoms with van der Waals surface area (Å²) in [6.07, 6.45) is 2.36. The highest BCUT2D eigenvalue weighted by atomic mass is 16.5. The van der Waals surface area contributed by atoms with Crippen molar-refractivity contribution in [2.24, 2.45) is 7.05 Å². The van der Waals surface area contributed by atoms with Crippen molar-refractivity contribution >= 4 is 29.0 Å². The second kappa shape index (κ2) is 7.26. The highest BCUT2D eigenvalue weighted by Gasteiger charge is 2.32. The monoisotopic (exact) mass is 353 g/mol. The molecule has 1 aliphatic rings. The van der Waals surface area contributed by atoms with Crippen molar-refractivity contribution in [1.29, 1.82) is 0 Å². The average Bonchev–Trinajstić information content (AvgIpc) is 3.00. The Bertz CT molecular complexity index is 965. The molecule has 3 aromatic rings. The van der Waals surface area contributed by atoms with Gasteiger partial charge in [0.15, 0.2) is 5.82 Å². The number of hydrogen-bond acceptors (Lipinski definition) is 4. The topological polar surface area (TPSA) is 93.5 Å². The number of aromatic nitrogens is 2. The van der Waals surface area contributed by atoms with Crippen LogP contribution in [0.1, 0.15) is 23.5 Å². The number of nitrogens with one attached hydrogen (secondary N) is 1. The Morgan fingerprint density at radius 3 is 2.77 bits per heavy atom. The van der Waals surface area contributed by atoms with E-state index in [1.807, 2.05) is 37.5 Å². The van der Waals surface area contributed by atoms with E-state index < -0.39 is 0 Å². The van der Waals surface area contributed by atoms with E-state index in [0.717, 1.165) is 27.6 Å². The number of rotatable bonds is 2. The number of nitrogens with zero attached hydrogens (tertiary/aromatic N) is 2. The highest BCUT2D eigenvalue weighted by molar-refractivity contribution is 5.96. The third-order valence-electron chi connectivity index (χ3n) is 4.38. The third kappa shape index (κ3) is 3.11. The molecule has 1 unspecified atom stereocenters. The molecule has 2 aromatic carbocycles. The summed E-state index contributed by atoms with van der Waals surface area (Å²) in [5.74, 6) is 1.37. The van der Waals surface area contributed by atoms with Crippen molar-refractivity contribution in [1.82, 2.24) is 9.78 Å². The van der Waals surface area contributed by atoms with Gasteiger partial charge in [-0.25, -0.2) is 0 Å². The minimum absolute atomic E-state index is 0.0174. The molecule has 4 rings (SSSR count). The number of carbonyl (C=O) groups is 2. The molecule has 1 atom stereocenters. The molecule has 2 N–H and O–H groups in total. The minimum atomic E-state index is -0.250. The minimum Gasteiger partial charge on any atom is -0.496 e. The van der Waals surface area contributed by atoms with Crippen LogP contribution in [0.4, 0.5) is 5.82 Å². The van der Waals surface area contributed by atoms with E-state index >= 15 is 0 Å². The van der Waals surface area contributed by atoms with Crippen molar-refractivity contribution in [2.75, 3.05) is 12.4 Å². The maximum atomic E-state index is 12.2. The number of ether oxygens (including phenoxy) is 1. The van der Waals surface area contributed by atoms with Crippen LogP contribution in [-0.4, -0.2) is 34.4 Å². The van der Waals surface area contributed by atoms with Crippen LogP contribution in [0.3, 0.4) is 0 Å². The van der Waals surface area contributed by atoms with Gasteiger partial charge in [-0.05, 0) is 16.8 Å². The summed E-state index contributed by atoms with van der Waals surface area (Å²) in [4.78, 5) is 20.5. The molecular formula is C19H19N3O4. The number of anilines is 1. The van der Waals surface area contributed by atoms with Crippen molar-refractivity contribution in [3.63, 3.8) is 0 Å². The van der Waals surface area contributed by atoms with Crippen molar-refractivity contribution in [2.45, 2.75) is 12.3 Å². The van der Waals surface area contributed by atoms with Crippen LogP contribution in [0.2, 0.25) is 0 Å². The lowest BCUT2D eigenvalue weighted by molar-refractivity contribution is -0.123. The molecule has 0 saturated heterocycles. The summed E-state index contributed by atoms with van der Waals surface area (Å²) in [5, 5.41) is 16.4. The van der Waals surface area contributed by atoms with Gasteiger partial charge in [-0.1, -0.05) is 30.3 Å². The summed E-state index contributed by atoms with van der Waals surface area (Å²) >= 11 is 0. The second-order valence-electron chi connectivity index (χ2n) is 5.92. The van der Waals surface area contributed by atoms with Gasteiger partial charge in [0.25, 0.3) is 6.47 Å². The molecule has 0 aliphatic carbocycles. The van der Waals surface area contributed by atoms with Crippen LogP contribution < -0.4 is 10.1 Å². The van der Waals surface area contributed by atoms with Crippen molar-refractivity contribution in [3.05, 3.63) is 53.7 Å². The Labute approximate surface area is 150 Å². The van der Waals surface area contributed by atoms with Crippen LogP contribution in [0.25, 0.3) is 10.8 Å². The van der Waals surface area contributed by atoms with Gasteiger partial charge in [0, 0.05) is 36.7 Å². The van der Waals surface area contributed by atoms with Gasteiger partial charge >= 0.3 is 0 Å². The van der Waals surface area contributed by atoms with Crippen LogP contribution in [0.15, 0.2) is 42.6 Å². The molecule has 0 bridgehead atoms. The van der Waals surface area contributed by atoms with E-state index in [9.17, 15) is 4.79 Å². The van der Waals surface area contributed by atoms with Crippen LogP contribution in [-0.2, 0) is 16.6 Å². The molecule has 26 heavy (non-hydrogen) atoms. The zero-order valence-electron chi connectivity index (χ0n) is 14.5. The predicted molar refractivity (Wildman–Crippen MR) is 97.5 cm³/mol. The van der Waals surface area contributed by atoms with Gasteiger partial charge in [0.1, 0.15) is 5.75 Å². The second-order valence-corrected chi connectivity index (χ2v) is 5.92. The van der Waals surface area contributed by atoms with Gasteiger partial charge in [-0.15, -0.1) is 0 Å². The molecule has 1 amide bonds. The smallest absolute Gasteiger partial charge is 0.290 e. The van der Waals surface area contributed by atoms with E-state index in [4.69, 9.17) is 14.6 Å². The Morgan fingerprint density at radius 1 is 1.31 bits per heavy atom. The number of hydrogen-bond donors (Lipinski definition) is 2. The first-order valence-corrected chi connectivity index (χ1v) is 8.06. The van der Waals surface area contributed by atoms with E-state index in [2.05, 4.69) is 22.5 Å². The fourth-order valence-electron chi connectivity index (χ4n) is 3.41. The summed E-state index contributed by atoms with van der Waals surface area (Å²) in [6, 6.07) is 12.2. The molecule has 0 spiro atoms. The predicted octanol–water partition coefficient (Wildman–Crippen LogP) is 2.76. The van der Waals surface area contributed by atoms with E-state index in [1.165, 1.54) is 0 Å². The maximum absolute atomic E-state index is 12.2. The molecule has 0 radical (unpaired) electrons. The van der Waals surface area contributed by atoms with Crippen LogP contribution in [0.5, 0.6) is 5.75 Å². The lowest BCUT2D eigenvalue weighted by Gasteiger charge is -2.25. The SMILES string of the molecule is COc1ccc2ccccc2c1C1CC(=O)Nc2nn(C)cc21.O=CO. The number of carboxylic acid groups (broad SMARTS) is 1. The largest absolute Gasteiger partial charge is 0.496 e. The first-order chi connectivity index (χ1) is 12.6. The number of carbonyl (C=O) groups excluding carboxylic acids is 1. The Hall–Kier alpha value is -3.35. The Kier molecular flexibility index (Phi) is 4.88. The van der Waals surface area contributed by atoms with Gasteiger partial charge in [-0.3, -0.25) is 14.3 Å². The lowest BCUT2D eigenvalue weighted by Crippen LogP contribution is -2.23. The van der Waals surface area contributed by atoms with E-state index in [1.54, 1.807) is 11.8 Å². The molecule has 1 aromatic heterocycles. The fraction of sp³-hybridized carbons (Fsp3) is 0.211. The fourth-order valence-corrected chi connectivity index (χ4v) is 3.41. The number of methoxy groups -OCH3 is 1. The standard InChI is InChI=1S/C18H17N3O2.CH2O2/c1-21-10-14-13(9-16(22)19-18(14)20-21)17-12-6-4-3-5-11(12)7-8-15(17)23-2;2-1-3/h3-8,10,13H,9H2,1-2H3,(H,19,20,22);1H,(H,2,3). The molecule has 2 heterocycles. The molecule has 1 aliphatic heterocycles. The Balaban J connectivity index is 0.000000613. The van der Waals surface area contributed by atoms with Crippen LogP contribution >= 0.6 is 0 Å². The average molecular weight is 353 g/mol. The highest BCUT2D eigenvalue weighted by Crippen LogP contribution is 2.43. The van der Waals surface area contributed by atoms with Gasteiger partial charge in [0.2, 0.25) is 5.91 Å². The van der Waals surface area contributed by atoms with Crippen LogP contribution in [0, 0.1) is 0 Å². The molecular weight excluding hydrogens is 334 g/mol. The number of benzene rings is 2. The number of amides is 1. The zero-order valence-corrected chi connectivity index (χ0v) is 14.5. The zero-order chi connectivity index (χ0) is 18.7. The van der Waals surface area contributed by atoms with E-state index in [-0.39, 0.29) is 18.3 Å². The first kappa shape index (κ1) is 17.5. The normalized spacial score (nSPS) is 15.5. The number of fused-ring (bicyclic) bond motifs is 2. The summed E-state index contributed by atoms with van der Waals surface area (Å²) < 4.78 is 7.34. The number of aryl methyl sites for hydroxylation is 1. The van der Waals surface area contributed by atoms with Gasteiger partial charge in [0.05, 0.1) is 7.11 Å². The third-order valence-corrected chi connectivity index (χ3v) is 4.38. The molecule has 7 nitrogen and oxygen atoms in total. The molecule has 0 fully saturated rings. The van der Waals surface area contributed by atoms with Gasteiger partial charge in [-0.2, -0.15) is 5.10 Å². The van der Waals surface area contributed by atoms with Crippen molar-refractivity contribution < 1.29 is 19.4 Å². The lowest BCUT2D eigenvalue weighted by atomic mass is 9.84. The quantitative estimate of drug-likeness (QED) is 0.691. The molecule has 134 valence electrons.